The maximum absolute atomic E-state index is 13.5. The molecule has 2 aliphatic rings. The highest BCUT2D eigenvalue weighted by Gasteiger charge is 2.50. The van der Waals surface area contributed by atoms with Crippen molar-refractivity contribution in [2.45, 2.75) is 56.5 Å². The first-order valence-corrected chi connectivity index (χ1v) is 13.3. The predicted molar refractivity (Wildman–Crippen MR) is 131 cm³/mol. The average Bonchev–Trinajstić information content (AvgIpc) is 2.77. The average molecular weight is 467 g/mol. The summed E-state index contributed by atoms with van der Waals surface area (Å²) in [5.41, 5.74) is 3.05. The van der Waals surface area contributed by atoms with Crippen molar-refractivity contribution in [3.8, 4) is 11.8 Å². The van der Waals surface area contributed by atoms with Crippen LogP contribution in [0.1, 0.15) is 49.3 Å². The molecule has 176 valence electrons. The van der Waals surface area contributed by atoms with Crippen LogP contribution >= 0.6 is 0 Å². The van der Waals surface area contributed by atoms with Gasteiger partial charge in [-0.15, -0.1) is 0 Å². The number of aliphatic hydroxyl groups excluding tert-OH is 1. The maximum atomic E-state index is 13.5. The van der Waals surface area contributed by atoms with E-state index in [9.17, 15) is 13.5 Å². The van der Waals surface area contributed by atoms with Crippen LogP contribution in [0.25, 0.3) is 0 Å². The van der Waals surface area contributed by atoms with Gasteiger partial charge in [-0.3, -0.25) is 4.90 Å². The Hall–Kier alpha value is -2.17. The molecule has 2 saturated heterocycles. The second-order valence-corrected chi connectivity index (χ2v) is 11.5. The van der Waals surface area contributed by atoms with Gasteiger partial charge in [0.2, 0.25) is 10.0 Å². The van der Waals surface area contributed by atoms with Crippen LogP contribution in [0.15, 0.2) is 53.4 Å². The molecule has 6 heteroatoms. The highest BCUT2D eigenvalue weighted by molar-refractivity contribution is 7.89. The molecule has 2 heterocycles. The molecule has 1 N–H and O–H groups in total. The molecule has 0 amide bonds. The number of hydrogen-bond donors (Lipinski definition) is 1. The van der Waals surface area contributed by atoms with E-state index in [2.05, 4.69) is 42.7 Å². The van der Waals surface area contributed by atoms with Crippen molar-refractivity contribution >= 4 is 10.0 Å². The third-order valence-electron chi connectivity index (χ3n) is 6.76. The highest BCUT2D eigenvalue weighted by Crippen LogP contribution is 2.42. The largest absolute Gasteiger partial charge is 0.395 e. The number of aryl methyl sites for hydroxylation is 1. The third kappa shape index (κ3) is 5.02. The minimum Gasteiger partial charge on any atom is -0.395 e. The minimum absolute atomic E-state index is 0.0178. The maximum Gasteiger partial charge on any atom is 0.243 e. The summed E-state index contributed by atoms with van der Waals surface area (Å²) in [5, 5.41) is 10.2. The van der Waals surface area contributed by atoms with E-state index in [4.69, 9.17) is 0 Å². The Morgan fingerprint density at radius 1 is 1.09 bits per heavy atom. The number of sulfonamides is 1. The fraction of sp³-hybridized carbons (Fsp3) is 0.481. The SMILES string of the molecule is Cc1cccc(S(=O)(=O)N2CCCCN3[C@H](C2)[C@H](c2ccc(C#CC(C)C)cc2)[C@@H]3CO)c1. The van der Waals surface area contributed by atoms with Gasteiger partial charge in [-0.05, 0) is 61.7 Å². The summed E-state index contributed by atoms with van der Waals surface area (Å²) < 4.78 is 28.6. The lowest BCUT2D eigenvalue weighted by Crippen LogP contribution is -2.67. The highest BCUT2D eigenvalue weighted by atomic mass is 32.2. The van der Waals surface area contributed by atoms with Crippen LogP contribution in [-0.2, 0) is 10.0 Å². The molecule has 0 saturated carbocycles. The van der Waals surface area contributed by atoms with Crippen molar-refractivity contribution in [2.24, 2.45) is 5.92 Å². The molecule has 0 unspecified atom stereocenters. The number of benzene rings is 2. The molecule has 5 nitrogen and oxygen atoms in total. The van der Waals surface area contributed by atoms with Gasteiger partial charge < -0.3 is 5.11 Å². The number of rotatable bonds is 4. The number of fused-ring (bicyclic) bond motifs is 1. The molecule has 0 bridgehead atoms. The summed E-state index contributed by atoms with van der Waals surface area (Å²) in [4.78, 5) is 2.66. The Balaban J connectivity index is 1.61. The van der Waals surface area contributed by atoms with Gasteiger partial charge in [0, 0.05) is 42.6 Å². The van der Waals surface area contributed by atoms with E-state index in [1.54, 1.807) is 22.5 Å². The van der Waals surface area contributed by atoms with Gasteiger partial charge in [0.05, 0.1) is 11.5 Å². The number of aliphatic hydroxyl groups is 1. The smallest absolute Gasteiger partial charge is 0.243 e. The molecule has 2 aromatic rings. The van der Waals surface area contributed by atoms with Gasteiger partial charge >= 0.3 is 0 Å². The van der Waals surface area contributed by atoms with Gasteiger partial charge in [0.15, 0.2) is 0 Å². The molecule has 2 fully saturated rings. The minimum atomic E-state index is -3.57. The first kappa shape index (κ1) is 24.0. The lowest BCUT2D eigenvalue weighted by molar-refractivity contribution is -0.0553. The number of nitrogens with zero attached hydrogens (tertiary/aromatic N) is 2. The first-order valence-electron chi connectivity index (χ1n) is 11.9. The zero-order valence-corrected chi connectivity index (χ0v) is 20.6. The molecule has 0 radical (unpaired) electrons. The molecule has 3 atom stereocenters. The molecule has 0 spiro atoms. The zero-order valence-electron chi connectivity index (χ0n) is 19.7. The Morgan fingerprint density at radius 2 is 1.82 bits per heavy atom. The van der Waals surface area contributed by atoms with Crippen molar-refractivity contribution in [2.75, 3.05) is 26.2 Å². The topological polar surface area (TPSA) is 60.9 Å². The van der Waals surface area contributed by atoms with E-state index in [0.29, 0.717) is 23.9 Å². The van der Waals surface area contributed by atoms with Gasteiger partial charge in [-0.25, -0.2) is 8.42 Å². The fourth-order valence-electron chi connectivity index (χ4n) is 5.07. The molecule has 0 aliphatic carbocycles. The van der Waals surface area contributed by atoms with E-state index in [1.165, 1.54) is 0 Å². The summed E-state index contributed by atoms with van der Waals surface area (Å²) in [7, 11) is -3.57. The Labute approximate surface area is 198 Å². The van der Waals surface area contributed by atoms with Crippen LogP contribution in [0.4, 0.5) is 0 Å². The van der Waals surface area contributed by atoms with E-state index in [1.807, 2.05) is 25.1 Å². The first-order chi connectivity index (χ1) is 15.8. The zero-order chi connectivity index (χ0) is 23.6. The second-order valence-electron chi connectivity index (χ2n) is 9.51. The van der Waals surface area contributed by atoms with Crippen LogP contribution in [0.3, 0.4) is 0 Å². The van der Waals surface area contributed by atoms with Crippen molar-refractivity contribution < 1.29 is 13.5 Å². The molecule has 2 aromatic carbocycles. The predicted octanol–water partition coefficient (Wildman–Crippen LogP) is 3.62. The lowest BCUT2D eigenvalue weighted by atomic mass is 9.74. The summed E-state index contributed by atoms with van der Waals surface area (Å²) in [6, 6.07) is 15.5. The molecular formula is C27H34N2O3S. The van der Waals surface area contributed by atoms with Crippen molar-refractivity contribution in [3.05, 3.63) is 65.2 Å². The van der Waals surface area contributed by atoms with Crippen LogP contribution in [0.5, 0.6) is 0 Å². The van der Waals surface area contributed by atoms with E-state index in [-0.39, 0.29) is 24.6 Å². The standard InChI is InChI=1S/C27H34N2O3S/c1-20(2)9-10-22-11-13-23(14-12-22)27-25-18-28(15-4-5-16-29(25)26(27)19-30)33(31,32)24-8-6-7-21(3)17-24/h6-8,11-14,17,20,25-27,30H,4-5,15-16,18-19H2,1-3H3/t25-,26+,27+/m1/s1. The Kier molecular flexibility index (Phi) is 7.25. The van der Waals surface area contributed by atoms with Crippen molar-refractivity contribution in [1.82, 2.24) is 9.21 Å². The normalized spacial score (nSPS) is 24.2. The summed E-state index contributed by atoms with van der Waals surface area (Å²) >= 11 is 0. The molecule has 4 rings (SSSR count). The van der Waals surface area contributed by atoms with E-state index in [0.717, 1.165) is 36.1 Å². The van der Waals surface area contributed by atoms with Crippen LogP contribution in [0.2, 0.25) is 0 Å². The van der Waals surface area contributed by atoms with E-state index >= 15 is 0 Å². The van der Waals surface area contributed by atoms with Gasteiger partial charge in [-0.1, -0.05) is 50.0 Å². The summed E-state index contributed by atoms with van der Waals surface area (Å²) in [6.07, 6.45) is 1.74. The molecular weight excluding hydrogens is 432 g/mol. The fourth-order valence-corrected chi connectivity index (χ4v) is 6.67. The molecule has 2 aliphatic heterocycles. The van der Waals surface area contributed by atoms with Gasteiger partial charge in [0.1, 0.15) is 0 Å². The summed E-state index contributed by atoms with van der Waals surface area (Å²) in [5.74, 6) is 6.80. The van der Waals surface area contributed by atoms with Crippen molar-refractivity contribution in [1.29, 1.82) is 0 Å². The Bertz CT molecular complexity index is 1130. The molecule has 0 aromatic heterocycles. The second kappa shape index (κ2) is 9.99. The van der Waals surface area contributed by atoms with Gasteiger partial charge in [-0.2, -0.15) is 4.31 Å². The quantitative estimate of drug-likeness (QED) is 0.700. The van der Waals surface area contributed by atoms with E-state index < -0.39 is 10.0 Å². The molecule has 33 heavy (non-hydrogen) atoms. The van der Waals surface area contributed by atoms with Crippen LogP contribution < -0.4 is 0 Å². The lowest BCUT2D eigenvalue weighted by Gasteiger charge is -2.57. The third-order valence-corrected chi connectivity index (χ3v) is 8.62. The van der Waals surface area contributed by atoms with Crippen LogP contribution in [-0.4, -0.2) is 61.1 Å². The van der Waals surface area contributed by atoms with Crippen molar-refractivity contribution in [3.63, 3.8) is 0 Å². The summed E-state index contributed by atoms with van der Waals surface area (Å²) in [6.45, 7) is 7.98. The Morgan fingerprint density at radius 3 is 2.48 bits per heavy atom. The van der Waals surface area contributed by atoms with Crippen LogP contribution in [0, 0.1) is 24.7 Å². The number of hydrogen-bond acceptors (Lipinski definition) is 4. The van der Waals surface area contributed by atoms with Gasteiger partial charge in [0.25, 0.3) is 0 Å². The monoisotopic (exact) mass is 466 g/mol.